The number of sulfonamides is 1. The molecule has 0 spiro atoms. The van der Waals surface area contributed by atoms with E-state index in [1.807, 2.05) is 0 Å². The van der Waals surface area contributed by atoms with E-state index in [1.54, 1.807) is 0 Å². The van der Waals surface area contributed by atoms with Crippen LogP contribution in [-0.4, -0.2) is 41.8 Å². The molecule has 0 aliphatic rings. The van der Waals surface area contributed by atoms with Gasteiger partial charge in [0, 0.05) is 31.8 Å². The van der Waals surface area contributed by atoms with Gasteiger partial charge in [-0.3, -0.25) is 0 Å². The molecule has 0 saturated heterocycles. The molecular weight excluding hydrogens is 380 g/mol. The van der Waals surface area contributed by atoms with Crippen molar-refractivity contribution in [2.45, 2.75) is 11.1 Å². The molecule has 0 radical (unpaired) electrons. The summed E-state index contributed by atoms with van der Waals surface area (Å²) >= 11 is 5.56. The first kappa shape index (κ1) is 22.4. The van der Waals surface area contributed by atoms with E-state index in [2.05, 4.69) is 10.0 Å². The van der Waals surface area contributed by atoms with Crippen molar-refractivity contribution < 1.29 is 26.3 Å². The van der Waals surface area contributed by atoms with E-state index < -0.39 is 26.7 Å². The molecule has 1 aromatic rings. The standard InChI is InChI=1S/C12H16ClF3N2O3S.ClH/c1-21-5-4-17-2-3-18-22(19,20)11-7-9(12(14,15)16)6-10(13)8-11;/h6-8,17-18H,2-5H2,1H3;1H. The summed E-state index contributed by atoms with van der Waals surface area (Å²) in [5.74, 6) is 0. The Kier molecular flexibility index (Phi) is 9.41. The van der Waals surface area contributed by atoms with Gasteiger partial charge in [0.1, 0.15) is 0 Å². The summed E-state index contributed by atoms with van der Waals surface area (Å²) in [4.78, 5) is -0.524. The Morgan fingerprint density at radius 1 is 1.17 bits per heavy atom. The highest BCUT2D eigenvalue weighted by molar-refractivity contribution is 7.89. The van der Waals surface area contributed by atoms with Gasteiger partial charge in [-0.15, -0.1) is 12.4 Å². The van der Waals surface area contributed by atoms with E-state index in [4.69, 9.17) is 16.3 Å². The zero-order valence-corrected chi connectivity index (χ0v) is 14.5. The predicted octanol–water partition coefficient (Wildman–Crippen LogP) is 2.29. The number of rotatable bonds is 8. The number of halogens is 5. The molecule has 0 unspecified atom stereocenters. The smallest absolute Gasteiger partial charge is 0.383 e. The Morgan fingerprint density at radius 2 is 1.83 bits per heavy atom. The normalized spacial score (nSPS) is 12.0. The molecule has 23 heavy (non-hydrogen) atoms. The van der Waals surface area contributed by atoms with Crippen LogP contribution < -0.4 is 10.0 Å². The molecule has 0 amide bonds. The van der Waals surface area contributed by atoms with Gasteiger partial charge in [0.2, 0.25) is 10.0 Å². The molecule has 0 bridgehead atoms. The van der Waals surface area contributed by atoms with Crippen LogP contribution in [0.15, 0.2) is 23.1 Å². The van der Waals surface area contributed by atoms with Crippen LogP contribution >= 0.6 is 24.0 Å². The van der Waals surface area contributed by atoms with Gasteiger partial charge < -0.3 is 10.1 Å². The number of benzene rings is 1. The van der Waals surface area contributed by atoms with Crippen molar-refractivity contribution in [1.29, 1.82) is 0 Å². The summed E-state index contributed by atoms with van der Waals surface area (Å²) in [5, 5.41) is 2.60. The van der Waals surface area contributed by atoms with E-state index in [9.17, 15) is 21.6 Å². The van der Waals surface area contributed by atoms with E-state index in [-0.39, 0.29) is 24.0 Å². The van der Waals surface area contributed by atoms with Crippen LogP contribution in [0.25, 0.3) is 0 Å². The molecule has 0 atom stereocenters. The molecule has 0 aliphatic heterocycles. The second-order valence-electron chi connectivity index (χ2n) is 4.31. The second-order valence-corrected chi connectivity index (χ2v) is 6.52. The summed E-state index contributed by atoms with van der Waals surface area (Å²) in [5.41, 5.74) is -1.11. The maximum atomic E-state index is 12.7. The van der Waals surface area contributed by atoms with Gasteiger partial charge in [-0.05, 0) is 18.2 Å². The zero-order chi connectivity index (χ0) is 16.8. The third kappa shape index (κ3) is 7.69. The number of methoxy groups -OCH3 is 1. The monoisotopic (exact) mass is 396 g/mol. The SMILES string of the molecule is COCCNCCNS(=O)(=O)c1cc(Cl)cc(C(F)(F)F)c1.Cl. The Bertz CT molecular complexity index is 598. The van der Waals surface area contributed by atoms with Crippen LogP contribution in [0.5, 0.6) is 0 Å². The highest BCUT2D eigenvalue weighted by Crippen LogP contribution is 2.32. The van der Waals surface area contributed by atoms with E-state index in [1.165, 1.54) is 7.11 Å². The summed E-state index contributed by atoms with van der Waals surface area (Å²) in [7, 11) is -2.53. The first-order valence-electron chi connectivity index (χ1n) is 6.24. The minimum atomic E-state index is -4.67. The van der Waals surface area contributed by atoms with Crippen LogP contribution in [-0.2, 0) is 20.9 Å². The zero-order valence-electron chi connectivity index (χ0n) is 12.1. The van der Waals surface area contributed by atoms with E-state index >= 15 is 0 Å². The number of hydrogen-bond donors (Lipinski definition) is 2. The minimum absolute atomic E-state index is 0. The summed E-state index contributed by atoms with van der Waals surface area (Å²) in [6.45, 7) is 1.35. The number of nitrogens with one attached hydrogen (secondary N) is 2. The molecule has 134 valence electrons. The van der Waals surface area contributed by atoms with Crippen molar-refractivity contribution in [3.63, 3.8) is 0 Å². The average Bonchev–Trinajstić information content (AvgIpc) is 2.41. The molecule has 0 fully saturated rings. The van der Waals surface area contributed by atoms with Crippen LogP contribution in [0.1, 0.15) is 5.56 Å². The van der Waals surface area contributed by atoms with Crippen molar-refractivity contribution >= 4 is 34.0 Å². The summed E-state index contributed by atoms with van der Waals surface area (Å²) in [6, 6.07) is 2.19. The number of alkyl halides is 3. The largest absolute Gasteiger partial charge is 0.416 e. The topological polar surface area (TPSA) is 67.4 Å². The molecule has 5 nitrogen and oxygen atoms in total. The van der Waals surface area contributed by atoms with Gasteiger partial charge in [-0.25, -0.2) is 13.1 Å². The first-order valence-corrected chi connectivity index (χ1v) is 8.10. The highest BCUT2D eigenvalue weighted by atomic mass is 35.5. The van der Waals surface area contributed by atoms with Crippen molar-refractivity contribution in [2.24, 2.45) is 0 Å². The minimum Gasteiger partial charge on any atom is -0.383 e. The predicted molar refractivity (Wildman–Crippen MR) is 83.6 cm³/mol. The van der Waals surface area contributed by atoms with Crippen LogP contribution in [0.4, 0.5) is 13.2 Å². The summed E-state index contributed by atoms with van der Waals surface area (Å²) < 4.78 is 68.9. The lowest BCUT2D eigenvalue weighted by Crippen LogP contribution is -2.33. The van der Waals surface area contributed by atoms with E-state index in [0.29, 0.717) is 31.8 Å². The van der Waals surface area contributed by atoms with E-state index in [0.717, 1.165) is 6.07 Å². The fraction of sp³-hybridized carbons (Fsp3) is 0.500. The van der Waals surface area contributed by atoms with Gasteiger partial charge in [0.05, 0.1) is 17.1 Å². The molecule has 11 heteroatoms. The Morgan fingerprint density at radius 3 is 2.39 bits per heavy atom. The number of hydrogen-bond acceptors (Lipinski definition) is 4. The lowest BCUT2D eigenvalue weighted by molar-refractivity contribution is -0.137. The lowest BCUT2D eigenvalue weighted by atomic mass is 10.2. The maximum Gasteiger partial charge on any atom is 0.416 e. The van der Waals surface area contributed by atoms with Gasteiger partial charge in [-0.2, -0.15) is 13.2 Å². The molecule has 1 aromatic carbocycles. The third-order valence-electron chi connectivity index (χ3n) is 2.59. The highest BCUT2D eigenvalue weighted by Gasteiger charge is 2.32. The Balaban J connectivity index is 0.00000484. The average molecular weight is 397 g/mol. The molecule has 0 aliphatic carbocycles. The first-order chi connectivity index (χ1) is 10.2. The Labute approximate surface area is 144 Å². The number of ether oxygens (including phenoxy) is 1. The molecule has 2 N–H and O–H groups in total. The quantitative estimate of drug-likeness (QED) is 0.661. The third-order valence-corrected chi connectivity index (χ3v) is 4.24. The van der Waals surface area contributed by atoms with Crippen molar-refractivity contribution in [3.05, 3.63) is 28.8 Å². The van der Waals surface area contributed by atoms with Crippen LogP contribution in [0.3, 0.4) is 0 Å². The molecule has 0 saturated carbocycles. The lowest BCUT2D eigenvalue weighted by Gasteiger charge is -2.11. The van der Waals surface area contributed by atoms with Crippen LogP contribution in [0.2, 0.25) is 5.02 Å². The van der Waals surface area contributed by atoms with Crippen molar-refractivity contribution in [1.82, 2.24) is 10.0 Å². The molecular formula is C12H17Cl2F3N2O3S. The fourth-order valence-corrected chi connectivity index (χ4v) is 2.94. The molecule has 0 aromatic heterocycles. The van der Waals surface area contributed by atoms with Crippen LogP contribution in [0, 0.1) is 0 Å². The molecule has 0 heterocycles. The Hall–Kier alpha value is -0.580. The summed E-state index contributed by atoms with van der Waals surface area (Å²) in [6.07, 6.45) is -4.67. The van der Waals surface area contributed by atoms with Crippen molar-refractivity contribution in [3.8, 4) is 0 Å². The van der Waals surface area contributed by atoms with Gasteiger partial charge >= 0.3 is 6.18 Å². The van der Waals surface area contributed by atoms with Gasteiger partial charge in [0.15, 0.2) is 0 Å². The fourth-order valence-electron chi connectivity index (χ4n) is 1.54. The van der Waals surface area contributed by atoms with Crippen molar-refractivity contribution in [2.75, 3.05) is 33.4 Å². The maximum absolute atomic E-state index is 12.7. The van der Waals surface area contributed by atoms with Gasteiger partial charge in [0.25, 0.3) is 0 Å². The second kappa shape index (κ2) is 9.65. The van der Waals surface area contributed by atoms with Gasteiger partial charge in [-0.1, -0.05) is 11.6 Å². The molecule has 1 rings (SSSR count).